The molecule has 0 aliphatic carbocycles. The van der Waals surface area contributed by atoms with E-state index in [1.807, 2.05) is 0 Å². The largest absolute Gasteiger partial charge is 0.508 e. The van der Waals surface area contributed by atoms with E-state index in [1.54, 1.807) is 13.0 Å². The van der Waals surface area contributed by atoms with Gasteiger partial charge in [-0.05, 0) is 31.2 Å². The molecule has 1 aromatic carbocycles. The lowest BCUT2D eigenvalue weighted by molar-refractivity contribution is -0.757. The van der Waals surface area contributed by atoms with Gasteiger partial charge in [0.15, 0.2) is 0 Å². The molecule has 0 fully saturated rings. The molecule has 1 aromatic rings. The van der Waals surface area contributed by atoms with Crippen molar-refractivity contribution in [2.45, 2.75) is 20.3 Å². The summed E-state index contributed by atoms with van der Waals surface area (Å²) in [4.78, 5) is 49.6. The van der Waals surface area contributed by atoms with E-state index in [4.69, 9.17) is 18.9 Å². The van der Waals surface area contributed by atoms with Gasteiger partial charge in [-0.25, -0.2) is 9.59 Å². The third-order valence-corrected chi connectivity index (χ3v) is 3.57. The molecule has 12 nitrogen and oxygen atoms in total. The van der Waals surface area contributed by atoms with Crippen LogP contribution in [0.2, 0.25) is 0 Å². The van der Waals surface area contributed by atoms with Crippen LogP contribution in [0.5, 0.6) is 5.75 Å². The van der Waals surface area contributed by atoms with Gasteiger partial charge >= 0.3 is 17.9 Å². The number of hydrogen-bond acceptors (Lipinski definition) is 11. The number of carbonyl (C=O) groups is 3. The quantitative estimate of drug-likeness (QED) is 0.0525. The molecule has 0 aromatic heterocycles. The highest BCUT2D eigenvalue weighted by atomic mass is 16.9. The zero-order valence-corrected chi connectivity index (χ0v) is 18.0. The summed E-state index contributed by atoms with van der Waals surface area (Å²) in [6.07, 6.45) is 2.77. The fourth-order valence-corrected chi connectivity index (χ4v) is 2.13. The molecule has 0 unspecified atom stereocenters. The lowest BCUT2D eigenvalue weighted by Gasteiger charge is -2.10. The van der Waals surface area contributed by atoms with E-state index < -0.39 is 35.5 Å². The summed E-state index contributed by atoms with van der Waals surface area (Å²) < 4.78 is 19.9. The van der Waals surface area contributed by atoms with Gasteiger partial charge in [0.05, 0.1) is 19.0 Å². The Balaban J connectivity index is 2.63. The summed E-state index contributed by atoms with van der Waals surface area (Å²) in [5.74, 6) is -2.86. The van der Waals surface area contributed by atoms with E-state index in [-0.39, 0.29) is 36.5 Å². The van der Waals surface area contributed by atoms with Gasteiger partial charge in [0, 0.05) is 13.3 Å². The second kappa shape index (κ2) is 13.9. The van der Waals surface area contributed by atoms with Gasteiger partial charge < -0.3 is 28.9 Å². The standard InChI is InChI=1S/C21H23NO11/c1-14(29-11-6-12-32-22(27)28)9-10-17(15(2)23)20(25)30-13-31-21(26)18-7-4-5-8-19(18)33-16(3)24/h4-5,7-10,23H,2,6,11-13H2,1,3H3/b14-9+,17-10+. The monoisotopic (exact) mass is 465 g/mol. The molecule has 178 valence electrons. The van der Waals surface area contributed by atoms with Crippen molar-refractivity contribution in [1.82, 2.24) is 0 Å². The van der Waals surface area contributed by atoms with E-state index >= 15 is 0 Å². The highest BCUT2D eigenvalue weighted by molar-refractivity contribution is 5.94. The maximum absolute atomic E-state index is 12.2. The van der Waals surface area contributed by atoms with Crippen LogP contribution in [0.15, 0.2) is 60.1 Å². The molecular formula is C21H23NO11. The van der Waals surface area contributed by atoms with Crippen molar-refractivity contribution >= 4 is 17.9 Å². The number of esters is 3. The predicted molar refractivity (Wildman–Crippen MR) is 111 cm³/mol. The first-order valence-corrected chi connectivity index (χ1v) is 9.40. The van der Waals surface area contributed by atoms with E-state index in [2.05, 4.69) is 11.4 Å². The summed E-state index contributed by atoms with van der Waals surface area (Å²) >= 11 is 0. The van der Waals surface area contributed by atoms with Crippen LogP contribution < -0.4 is 4.74 Å². The van der Waals surface area contributed by atoms with Crippen LogP contribution >= 0.6 is 0 Å². The van der Waals surface area contributed by atoms with Crippen LogP contribution in [-0.2, 0) is 28.6 Å². The molecule has 0 saturated carbocycles. The molecule has 0 bridgehead atoms. The SMILES string of the molecule is C=C(O)/C(=C\C=C(/C)OCCCO[N+](=O)[O-])C(=O)OCOC(=O)c1ccccc1OC(C)=O. The first-order valence-electron chi connectivity index (χ1n) is 9.40. The van der Waals surface area contributed by atoms with Crippen LogP contribution in [0, 0.1) is 10.1 Å². The van der Waals surface area contributed by atoms with Gasteiger partial charge in [-0.1, -0.05) is 18.7 Å². The lowest BCUT2D eigenvalue weighted by Crippen LogP contribution is -2.16. The number of benzene rings is 1. The van der Waals surface area contributed by atoms with Gasteiger partial charge in [0.1, 0.15) is 22.6 Å². The number of para-hydroxylation sites is 1. The van der Waals surface area contributed by atoms with Crippen molar-refractivity contribution in [3.63, 3.8) is 0 Å². The molecule has 0 spiro atoms. The molecule has 0 aliphatic heterocycles. The Labute approximate surface area is 188 Å². The Morgan fingerprint density at radius 2 is 1.79 bits per heavy atom. The van der Waals surface area contributed by atoms with Crippen molar-refractivity contribution in [2.75, 3.05) is 20.0 Å². The fraction of sp³-hybridized carbons (Fsp3) is 0.286. The minimum atomic E-state index is -1.04. The molecule has 1 rings (SSSR count). The number of allylic oxidation sites excluding steroid dienone is 3. The van der Waals surface area contributed by atoms with Crippen molar-refractivity contribution < 1.29 is 48.4 Å². The highest BCUT2D eigenvalue weighted by Crippen LogP contribution is 2.19. The maximum Gasteiger partial charge on any atom is 0.344 e. The molecule has 0 atom stereocenters. The van der Waals surface area contributed by atoms with E-state index in [0.717, 1.165) is 0 Å². The molecule has 1 N–H and O–H groups in total. The van der Waals surface area contributed by atoms with Gasteiger partial charge in [0.2, 0.25) is 6.79 Å². The van der Waals surface area contributed by atoms with Crippen LogP contribution in [-0.4, -0.2) is 48.1 Å². The number of aliphatic hydroxyl groups is 1. The number of aliphatic hydroxyl groups excluding tert-OH is 1. The Morgan fingerprint density at radius 1 is 1.09 bits per heavy atom. The zero-order valence-electron chi connectivity index (χ0n) is 18.0. The first-order chi connectivity index (χ1) is 15.6. The Morgan fingerprint density at radius 3 is 2.42 bits per heavy atom. The summed E-state index contributed by atoms with van der Waals surface area (Å²) in [5, 5.41) is 18.8. The number of ether oxygens (including phenoxy) is 4. The smallest absolute Gasteiger partial charge is 0.344 e. The van der Waals surface area contributed by atoms with E-state index in [9.17, 15) is 29.6 Å². The molecular weight excluding hydrogens is 442 g/mol. The van der Waals surface area contributed by atoms with Crippen molar-refractivity contribution in [3.8, 4) is 5.75 Å². The van der Waals surface area contributed by atoms with Crippen LogP contribution in [0.25, 0.3) is 0 Å². The van der Waals surface area contributed by atoms with Gasteiger partial charge in [-0.3, -0.25) is 4.79 Å². The number of carbonyl (C=O) groups excluding carboxylic acids is 3. The molecule has 12 heteroatoms. The summed E-state index contributed by atoms with van der Waals surface area (Å²) in [7, 11) is 0. The molecule has 0 aliphatic rings. The van der Waals surface area contributed by atoms with Gasteiger partial charge in [-0.2, -0.15) is 0 Å². The van der Waals surface area contributed by atoms with Crippen LogP contribution in [0.4, 0.5) is 0 Å². The van der Waals surface area contributed by atoms with Gasteiger partial charge in [-0.15, -0.1) is 10.1 Å². The predicted octanol–water partition coefficient (Wildman–Crippen LogP) is 2.79. The fourth-order valence-electron chi connectivity index (χ4n) is 2.13. The minimum absolute atomic E-state index is 0.0174. The molecule has 33 heavy (non-hydrogen) atoms. The van der Waals surface area contributed by atoms with Crippen LogP contribution in [0.1, 0.15) is 30.6 Å². The Hall–Kier alpha value is -4.35. The minimum Gasteiger partial charge on any atom is -0.508 e. The molecule has 0 amide bonds. The number of nitrogens with zero attached hydrogens (tertiary/aromatic N) is 1. The average Bonchev–Trinajstić information content (AvgIpc) is 2.73. The normalized spacial score (nSPS) is 11.2. The third-order valence-electron chi connectivity index (χ3n) is 3.57. The maximum atomic E-state index is 12.2. The average molecular weight is 465 g/mol. The summed E-state index contributed by atoms with van der Waals surface area (Å²) in [5.41, 5.74) is -0.378. The molecule has 0 heterocycles. The number of rotatable bonds is 13. The Kier molecular flexibility index (Phi) is 11.2. The third kappa shape index (κ3) is 10.5. The van der Waals surface area contributed by atoms with Crippen LogP contribution in [0.3, 0.4) is 0 Å². The molecule has 0 saturated heterocycles. The second-order valence-electron chi connectivity index (χ2n) is 6.13. The summed E-state index contributed by atoms with van der Waals surface area (Å²) in [6.45, 7) is 5.19. The second-order valence-corrected chi connectivity index (χ2v) is 6.13. The van der Waals surface area contributed by atoms with Crippen molar-refractivity contribution in [1.29, 1.82) is 0 Å². The van der Waals surface area contributed by atoms with Crippen molar-refractivity contribution in [2.24, 2.45) is 0 Å². The van der Waals surface area contributed by atoms with E-state index in [1.165, 1.54) is 37.3 Å². The zero-order chi connectivity index (χ0) is 24.8. The lowest BCUT2D eigenvalue weighted by atomic mass is 10.2. The van der Waals surface area contributed by atoms with E-state index in [0.29, 0.717) is 5.76 Å². The van der Waals surface area contributed by atoms with Gasteiger partial charge in [0.25, 0.3) is 5.09 Å². The topological polar surface area (TPSA) is 161 Å². The first kappa shape index (κ1) is 26.7. The van der Waals surface area contributed by atoms with Crippen molar-refractivity contribution in [3.05, 3.63) is 75.8 Å². The summed E-state index contributed by atoms with van der Waals surface area (Å²) in [6, 6.07) is 5.84. The number of hydrogen-bond donors (Lipinski definition) is 1. The Bertz CT molecular complexity index is 949. The highest BCUT2D eigenvalue weighted by Gasteiger charge is 2.18. The molecule has 0 radical (unpaired) electrons.